The number of anilines is 1. The van der Waals surface area contributed by atoms with Crippen molar-refractivity contribution < 1.29 is 19.9 Å². The summed E-state index contributed by atoms with van der Waals surface area (Å²) in [5.74, 6) is -1.31. The number of nitro groups is 1. The summed E-state index contributed by atoms with van der Waals surface area (Å²) in [5, 5.41) is 32.6. The van der Waals surface area contributed by atoms with E-state index in [1.807, 2.05) is 0 Å². The van der Waals surface area contributed by atoms with Crippen LogP contribution in [0.25, 0.3) is 0 Å². The van der Waals surface area contributed by atoms with Crippen molar-refractivity contribution in [3.63, 3.8) is 0 Å². The summed E-state index contributed by atoms with van der Waals surface area (Å²) in [6, 6.07) is 2.08. The third kappa shape index (κ3) is 3.08. The Hall–Kier alpha value is -1.86. The number of carboxylic acids is 1. The van der Waals surface area contributed by atoms with Crippen molar-refractivity contribution in [3.8, 4) is 0 Å². The highest BCUT2D eigenvalue weighted by atomic mass is 35.5. The minimum atomic E-state index is -1.31. The van der Waals surface area contributed by atoms with Crippen LogP contribution in [-0.4, -0.2) is 33.3 Å². The van der Waals surface area contributed by atoms with Gasteiger partial charge in [0.15, 0.2) is 0 Å². The molecule has 1 aromatic carbocycles. The van der Waals surface area contributed by atoms with E-state index in [1.54, 1.807) is 0 Å². The van der Waals surface area contributed by atoms with Crippen LogP contribution in [0.4, 0.5) is 11.4 Å². The van der Waals surface area contributed by atoms with Gasteiger partial charge in [0.25, 0.3) is 5.69 Å². The van der Waals surface area contributed by atoms with Crippen molar-refractivity contribution in [1.29, 1.82) is 0 Å². The standard InChI is InChI=1S/C13H15ClN2O5/c14-10-6-8(16(20)21)5-9(12(18)19)11(10)15-13(7-17)3-1-2-4-13/h5-6,15,17H,1-4,7H2,(H,18,19). The first-order valence-electron chi connectivity index (χ1n) is 6.49. The minimum Gasteiger partial charge on any atom is -0.478 e. The SMILES string of the molecule is O=C(O)c1cc([N+](=O)[O-])cc(Cl)c1NC1(CO)CCCC1. The summed E-state index contributed by atoms with van der Waals surface area (Å²) in [6.07, 6.45) is 3.22. The number of carbonyl (C=O) groups is 1. The Morgan fingerprint density at radius 3 is 2.52 bits per heavy atom. The number of hydrogen-bond acceptors (Lipinski definition) is 5. The van der Waals surface area contributed by atoms with Crippen LogP contribution in [0.15, 0.2) is 12.1 Å². The highest BCUT2D eigenvalue weighted by molar-refractivity contribution is 6.34. The Labute approximate surface area is 125 Å². The summed E-state index contributed by atoms with van der Waals surface area (Å²) in [4.78, 5) is 21.4. The number of nitrogens with one attached hydrogen (secondary N) is 1. The fourth-order valence-electron chi connectivity index (χ4n) is 2.63. The normalized spacial score (nSPS) is 16.7. The van der Waals surface area contributed by atoms with Gasteiger partial charge in [0.05, 0.1) is 33.3 Å². The van der Waals surface area contributed by atoms with Gasteiger partial charge in [0.1, 0.15) is 0 Å². The van der Waals surface area contributed by atoms with E-state index in [0.717, 1.165) is 25.0 Å². The highest BCUT2D eigenvalue weighted by Gasteiger charge is 2.35. The molecule has 0 amide bonds. The molecule has 1 fully saturated rings. The third-order valence-corrected chi connectivity index (χ3v) is 4.07. The van der Waals surface area contributed by atoms with Crippen LogP contribution in [0.1, 0.15) is 36.0 Å². The molecule has 0 spiro atoms. The van der Waals surface area contributed by atoms with Crippen LogP contribution in [0.3, 0.4) is 0 Å². The fourth-order valence-corrected chi connectivity index (χ4v) is 2.89. The van der Waals surface area contributed by atoms with Gasteiger partial charge < -0.3 is 15.5 Å². The molecule has 0 unspecified atom stereocenters. The zero-order valence-corrected chi connectivity index (χ0v) is 11.9. The van der Waals surface area contributed by atoms with Crippen LogP contribution >= 0.6 is 11.6 Å². The van der Waals surface area contributed by atoms with E-state index in [4.69, 9.17) is 11.6 Å². The Bertz CT molecular complexity index is 584. The summed E-state index contributed by atoms with van der Waals surface area (Å²) in [5.41, 5.74) is -1.16. The van der Waals surface area contributed by atoms with Crippen LogP contribution in [0, 0.1) is 10.1 Å². The molecule has 0 bridgehead atoms. The molecule has 0 radical (unpaired) electrons. The number of benzene rings is 1. The molecule has 8 heteroatoms. The molecule has 21 heavy (non-hydrogen) atoms. The average Bonchev–Trinajstić information content (AvgIpc) is 2.89. The third-order valence-electron chi connectivity index (χ3n) is 3.77. The molecule has 1 aliphatic carbocycles. The number of hydrogen-bond donors (Lipinski definition) is 3. The van der Waals surface area contributed by atoms with Gasteiger partial charge in [0, 0.05) is 12.1 Å². The number of aliphatic hydroxyl groups excluding tert-OH is 1. The predicted octanol–water partition coefficient (Wildman–Crippen LogP) is 2.66. The van der Waals surface area contributed by atoms with E-state index in [1.165, 1.54) is 0 Å². The molecular formula is C13H15ClN2O5. The van der Waals surface area contributed by atoms with Gasteiger partial charge >= 0.3 is 5.97 Å². The molecule has 0 aromatic heterocycles. The summed E-state index contributed by atoms with van der Waals surface area (Å²) >= 11 is 6.01. The Balaban J connectivity index is 2.47. The van der Waals surface area contributed by atoms with Crippen LogP contribution < -0.4 is 5.32 Å². The van der Waals surface area contributed by atoms with E-state index < -0.39 is 16.4 Å². The smallest absolute Gasteiger partial charge is 0.338 e. The zero-order valence-electron chi connectivity index (χ0n) is 11.1. The maximum atomic E-state index is 11.3. The van der Waals surface area contributed by atoms with E-state index in [0.29, 0.717) is 12.8 Å². The molecule has 1 aromatic rings. The largest absolute Gasteiger partial charge is 0.478 e. The van der Waals surface area contributed by atoms with Crippen LogP contribution in [0.5, 0.6) is 0 Å². The first-order chi connectivity index (χ1) is 9.88. The maximum absolute atomic E-state index is 11.3. The highest BCUT2D eigenvalue weighted by Crippen LogP contribution is 2.38. The molecule has 1 saturated carbocycles. The second-order valence-corrected chi connectivity index (χ2v) is 5.59. The van der Waals surface area contributed by atoms with Gasteiger partial charge in [-0.25, -0.2) is 4.79 Å². The Kier molecular flexibility index (Phi) is 4.34. The zero-order chi connectivity index (χ0) is 15.6. The summed E-state index contributed by atoms with van der Waals surface area (Å²) < 4.78 is 0. The minimum absolute atomic E-state index is 0.0404. The van der Waals surface area contributed by atoms with Crippen molar-refractivity contribution >= 4 is 28.9 Å². The van der Waals surface area contributed by atoms with Crippen LogP contribution in [0.2, 0.25) is 5.02 Å². The van der Waals surface area contributed by atoms with Gasteiger partial charge in [-0.3, -0.25) is 10.1 Å². The van der Waals surface area contributed by atoms with Crippen molar-refractivity contribution in [1.82, 2.24) is 0 Å². The van der Waals surface area contributed by atoms with E-state index >= 15 is 0 Å². The second kappa shape index (κ2) is 5.87. The number of non-ortho nitro benzene ring substituents is 1. The lowest BCUT2D eigenvalue weighted by molar-refractivity contribution is -0.384. The number of carboxylic acid groups (broad SMARTS) is 1. The lowest BCUT2D eigenvalue weighted by Crippen LogP contribution is -2.39. The van der Waals surface area contributed by atoms with E-state index in [9.17, 15) is 25.1 Å². The molecule has 0 atom stereocenters. The number of aromatic carboxylic acids is 1. The Morgan fingerprint density at radius 2 is 2.05 bits per heavy atom. The Morgan fingerprint density at radius 1 is 1.43 bits per heavy atom. The number of nitrogens with zero attached hydrogens (tertiary/aromatic N) is 1. The monoisotopic (exact) mass is 314 g/mol. The molecule has 2 rings (SSSR count). The molecule has 0 saturated heterocycles. The molecule has 7 nitrogen and oxygen atoms in total. The quantitative estimate of drug-likeness (QED) is 0.569. The number of rotatable bonds is 5. The van der Waals surface area contributed by atoms with Gasteiger partial charge in [-0.2, -0.15) is 0 Å². The van der Waals surface area contributed by atoms with Crippen molar-refractivity contribution in [2.75, 3.05) is 11.9 Å². The van der Waals surface area contributed by atoms with Gasteiger partial charge in [0.2, 0.25) is 0 Å². The lowest BCUT2D eigenvalue weighted by Gasteiger charge is -2.30. The fraction of sp³-hybridized carbons (Fsp3) is 0.462. The maximum Gasteiger partial charge on any atom is 0.338 e. The molecule has 3 N–H and O–H groups in total. The van der Waals surface area contributed by atoms with E-state index in [-0.39, 0.29) is 28.6 Å². The topological polar surface area (TPSA) is 113 Å². The second-order valence-electron chi connectivity index (χ2n) is 5.18. The predicted molar refractivity (Wildman–Crippen MR) is 77.0 cm³/mol. The van der Waals surface area contributed by atoms with Crippen molar-refractivity contribution in [2.24, 2.45) is 0 Å². The first kappa shape index (κ1) is 15.5. The van der Waals surface area contributed by atoms with Gasteiger partial charge in [-0.15, -0.1) is 0 Å². The van der Waals surface area contributed by atoms with Gasteiger partial charge in [-0.05, 0) is 12.8 Å². The number of halogens is 1. The van der Waals surface area contributed by atoms with Crippen LogP contribution in [-0.2, 0) is 0 Å². The summed E-state index contributed by atoms with van der Waals surface area (Å²) in [6.45, 7) is -0.153. The van der Waals surface area contributed by atoms with E-state index in [2.05, 4.69) is 5.32 Å². The molecule has 0 heterocycles. The molecule has 0 aliphatic heterocycles. The molecule has 1 aliphatic rings. The summed E-state index contributed by atoms with van der Waals surface area (Å²) in [7, 11) is 0. The van der Waals surface area contributed by atoms with Crippen molar-refractivity contribution in [3.05, 3.63) is 32.8 Å². The average molecular weight is 315 g/mol. The number of aliphatic hydroxyl groups is 1. The number of nitro benzene ring substituents is 1. The lowest BCUT2D eigenvalue weighted by atomic mass is 9.97. The van der Waals surface area contributed by atoms with Gasteiger partial charge in [-0.1, -0.05) is 24.4 Å². The van der Waals surface area contributed by atoms with Crippen molar-refractivity contribution in [2.45, 2.75) is 31.2 Å². The first-order valence-corrected chi connectivity index (χ1v) is 6.87. The molecular weight excluding hydrogens is 300 g/mol. The molecule has 114 valence electrons.